The van der Waals surface area contributed by atoms with Crippen LogP contribution in [0, 0.1) is 5.82 Å². The fourth-order valence-corrected chi connectivity index (χ4v) is 2.31. The second-order valence-electron chi connectivity index (χ2n) is 5.23. The Kier molecular flexibility index (Phi) is 5.90. The summed E-state index contributed by atoms with van der Waals surface area (Å²) >= 11 is 0. The standard InChI is InChI=1S/C19H20FNO/c1-2-6-18(14-9-15-7-4-3-5-8-15)21-19(22)16-10-12-17(20)13-11-16/h2-5,7-8,10-13,18H,1,6,9,14H2,(H,21,22). The fourth-order valence-electron chi connectivity index (χ4n) is 2.31. The quantitative estimate of drug-likeness (QED) is 0.765. The number of benzene rings is 2. The highest BCUT2D eigenvalue weighted by Gasteiger charge is 2.12. The molecule has 1 unspecified atom stereocenters. The van der Waals surface area contributed by atoms with Gasteiger partial charge in [0.25, 0.3) is 5.91 Å². The third kappa shape index (κ3) is 4.85. The summed E-state index contributed by atoms with van der Waals surface area (Å²) in [5, 5.41) is 2.99. The Morgan fingerprint density at radius 2 is 1.82 bits per heavy atom. The molecule has 0 bridgehead atoms. The summed E-state index contributed by atoms with van der Waals surface area (Å²) in [5.74, 6) is -0.525. The van der Waals surface area contributed by atoms with Crippen LogP contribution in [0.4, 0.5) is 4.39 Å². The number of aryl methyl sites for hydroxylation is 1. The molecular weight excluding hydrogens is 277 g/mol. The van der Waals surface area contributed by atoms with Crippen molar-refractivity contribution in [1.29, 1.82) is 0 Å². The summed E-state index contributed by atoms with van der Waals surface area (Å²) in [5.41, 5.74) is 1.71. The van der Waals surface area contributed by atoms with Crippen LogP contribution in [0.25, 0.3) is 0 Å². The van der Waals surface area contributed by atoms with E-state index in [2.05, 4.69) is 24.0 Å². The smallest absolute Gasteiger partial charge is 0.251 e. The van der Waals surface area contributed by atoms with E-state index in [1.165, 1.54) is 29.8 Å². The van der Waals surface area contributed by atoms with Gasteiger partial charge in [0.1, 0.15) is 5.82 Å². The Balaban J connectivity index is 1.94. The number of rotatable bonds is 7. The molecule has 2 rings (SSSR count). The van der Waals surface area contributed by atoms with Gasteiger partial charge in [-0.25, -0.2) is 4.39 Å². The molecular formula is C19H20FNO. The van der Waals surface area contributed by atoms with E-state index in [0.29, 0.717) is 12.0 Å². The lowest BCUT2D eigenvalue weighted by molar-refractivity contribution is 0.0935. The number of nitrogens with one attached hydrogen (secondary N) is 1. The van der Waals surface area contributed by atoms with Gasteiger partial charge in [-0.15, -0.1) is 6.58 Å². The van der Waals surface area contributed by atoms with Crippen LogP contribution in [0.2, 0.25) is 0 Å². The van der Waals surface area contributed by atoms with Gasteiger partial charge in [0.2, 0.25) is 0 Å². The predicted molar refractivity (Wildman–Crippen MR) is 87.2 cm³/mol. The number of hydrogen-bond acceptors (Lipinski definition) is 1. The Labute approximate surface area is 130 Å². The first-order valence-electron chi connectivity index (χ1n) is 7.40. The average molecular weight is 297 g/mol. The summed E-state index contributed by atoms with van der Waals surface area (Å²) in [4.78, 5) is 12.2. The molecule has 0 aliphatic carbocycles. The third-order valence-corrected chi connectivity index (χ3v) is 3.52. The second kappa shape index (κ2) is 8.13. The molecule has 0 aliphatic rings. The van der Waals surface area contributed by atoms with Crippen molar-refractivity contribution >= 4 is 5.91 Å². The molecule has 22 heavy (non-hydrogen) atoms. The lowest BCUT2D eigenvalue weighted by atomic mass is 10.0. The van der Waals surface area contributed by atoms with Gasteiger partial charge in [-0.1, -0.05) is 36.4 Å². The zero-order chi connectivity index (χ0) is 15.8. The molecule has 1 amide bonds. The highest BCUT2D eigenvalue weighted by atomic mass is 19.1. The van der Waals surface area contributed by atoms with E-state index in [0.717, 1.165) is 12.8 Å². The van der Waals surface area contributed by atoms with Crippen LogP contribution < -0.4 is 5.32 Å². The van der Waals surface area contributed by atoms with Crippen molar-refractivity contribution in [3.63, 3.8) is 0 Å². The third-order valence-electron chi connectivity index (χ3n) is 3.52. The Bertz CT molecular complexity index is 607. The molecule has 0 radical (unpaired) electrons. The fraction of sp³-hybridized carbons (Fsp3) is 0.211. The van der Waals surface area contributed by atoms with Crippen LogP contribution in [-0.4, -0.2) is 11.9 Å². The molecule has 1 atom stereocenters. The Morgan fingerprint density at radius 1 is 1.14 bits per heavy atom. The minimum absolute atomic E-state index is 0.0234. The molecule has 0 heterocycles. The van der Waals surface area contributed by atoms with E-state index in [1.807, 2.05) is 18.2 Å². The largest absolute Gasteiger partial charge is 0.349 e. The molecule has 0 saturated carbocycles. The number of carbonyl (C=O) groups excluding carboxylic acids is 1. The molecule has 0 fully saturated rings. The molecule has 2 aromatic carbocycles. The highest BCUT2D eigenvalue weighted by Crippen LogP contribution is 2.09. The van der Waals surface area contributed by atoms with E-state index in [-0.39, 0.29) is 17.8 Å². The topological polar surface area (TPSA) is 29.1 Å². The van der Waals surface area contributed by atoms with E-state index < -0.39 is 0 Å². The van der Waals surface area contributed by atoms with Crippen molar-refractivity contribution in [1.82, 2.24) is 5.32 Å². The Morgan fingerprint density at radius 3 is 2.45 bits per heavy atom. The number of hydrogen-bond donors (Lipinski definition) is 1. The Hall–Kier alpha value is -2.42. The van der Waals surface area contributed by atoms with Gasteiger partial charge in [0.05, 0.1) is 0 Å². The van der Waals surface area contributed by atoms with Crippen molar-refractivity contribution in [2.24, 2.45) is 0 Å². The second-order valence-corrected chi connectivity index (χ2v) is 5.23. The van der Waals surface area contributed by atoms with E-state index in [9.17, 15) is 9.18 Å². The van der Waals surface area contributed by atoms with Crippen molar-refractivity contribution in [3.05, 3.63) is 84.2 Å². The van der Waals surface area contributed by atoms with Crippen molar-refractivity contribution < 1.29 is 9.18 Å². The predicted octanol–water partition coefficient (Wildman–Crippen LogP) is 4.13. The van der Waals surface area contributed by atoms with E-state index >= 15 is 0 Å². The molecule has 0 aromatic heterocycles. The van der Waals surface area contributed by atoms with Crippen molar-refractivity contribution in [2.45, 2.75) is 25.3 Å². The van der Waals surface area contributed by atoms with Crippen LogP contribution in [-0.2, 0) is 6.42 Å². The van der Waals surface area contributed by atoms with Gasteiger partial charge in [0.15, 0.2) is 0 Å². The van der Waals surface area contributed by atoms with Gasteiger partial charge in [-0.3, -0.25) is 4.79 Å². The monoisotopic (exact) mass is 297 g/mol. The van der Waals surface area contributed by atoms with Crippen LogP contribution in [0.1, 0.15) is 28.8 Å². The minimum Gasteiger partial charge on any atom is -0.349 e. The van der Waals surface area contributed by atoms with Gasteiger partial charge in [0, 0.05) is 11.6 Å². The van der Waals surface area contributed by atoms with Crippen LogP contribution in [0.3, 0.4) is 0 Å². The van der Waals surface area contributed by atoms with Crippen LogP contribution >= 0.6 is 0 Å². The number of carbonyl (C=O) groups is 1. The molecule has 2 aromatic rings. The van der Waals surface area contributed by atoms with Crippen molar-refractivity contribution in [2.75, 3.05) is 0 Å². The van der Waals surface area contributed by atoms with Gasteiger partial charge < -0.3 is 5.32 Å². The zero-order valence-electron chi connectivity index (χ0n) is 12.5. The summed E-state index contributed by atoms with van der Waals surface area (Å²) in [6.07, 6.45) is 4.24. The molecule has 114 valence electrons. The molecule has 1 N–H and O–H groups in total. The molecule has 0 spiro atoms. The van der Waals surface area contributed by atoms with Gasteiger partial charge in [-0.05, 0) is 49.1 Å². The summed E-state index contributed by atoms with van der Waals surface area (Å²) < 4.78 is 12.9. The average Bonchev–Trinajstić information content (AvgIpc) is 2.54. The zero-order valence-corrected chi connectivity index (χ0v) is 12.5. The lowest BCUT2D eigenvalue weighted by Gasteiger charge is -2.17. The molecule has 2 nitrogen and oxygen atoms in total. The highest BCUT2D eigenvalue weighted by molar-refractivity contribution is 5.94. The molecule has 0 saturated heterocycles. The van der Waals surface area contributed by atoms with Gasteiger partial charge in [-0.2, -0.15) is 0 Å². The summed E-state index contributed by atoms with van der Waals surface area (Å²) in [6, 6.07) is 15.8. The first-order valence-corrected chi connectivity index (χ1v) is 7.40. The maximum atomic E-state index is 12.9. The van der Waals surface area contributed by atoms with Crippen LogP contribution in [0.15, 0.2) is 67.3 Å². The summed E-state index contributed by atoms with van der Waals surface area (Å²) in [7, 11) is 0. The maximum Gasteiger partial charge on any atom is 0.251 e. The first-order chi connectivity index (χ1) is 10.7. The molecule has 0 aliphatic heterocycles. The van der Waals surface area contributed by atoms with Gasteiger partial charge >= 0.3 is 0 Å². The minimum atomic E-state index is -0.344. The number of halogens is 1. The van der Waals surface area contributed by atoms with E-state index in [4.69, 9.17) is 0 Å². The lowest BCUT2D eigenvalue weighted by Crippen LogP contribution is -2.34. The maximum absolute atomic E-state index is 12.9. The summed E-state index contributed by atoms with van der Waals surface area (Å²) in [6.45, 7) is 3.75. The number of amides is 1. The normalized spacial score (nSPS) is 11.7. The van der Waals surface area contributed by atoms with E-state index in [1.54, 1.807) is 6.08 Å². The first kappa shape index (κ1) is 16.0. The van der Waals surface area contributed by atoms with Crippen LogP contribution in [0.5, 0.6) is 0 Å². The SMILES string of the molecule is C=CCC(CCc1ccccc1)NC(=O)c1ccc(F)cc1. The van der Waals surface area contributed by atoms with Crippen molar-refractivity contribution in [3.8, 4) is 0 Å². The molecule has 3 heteroatoms.